The molecule has 0 aromatic rings. The van der Waals surface area contributed by atoms with Crippen LogP contribution in [0.25, 0.3) is 0 Å². The van der Waals surface area contributed by atoms with E-state index in [-0.39, 0.29) is 0 Å². The van der Waals surface area contributed by atoms with Gasteiger partial charge in [0.2, 0.25) is 0 Å². The minimum Gasteiger partial charge on any atom is -0.166 e. The number of hydrogen-bond donors (Lipinski definition) is 0. The van der Waals surface area contributed by atoms with Crippen LogP contribution in [0.5, 0.6) is 0 Å². The molecule has 0 spiro atoms. The fourth-order valence-corrected chi connectivity index (χ4v) is 0.109. The predicted molar refractivity (Wildman–Crippen MR) is 12.8 cm³/mol. The Morgan fingerprint density at radius 3 is 1.71 bits per heavy atom. The zero-order chi connectivity index (χ0) is 5.49. The van der Waals surface area contributed by atoms with Crippen LogP contribution in [0.2, 0.25) is 0 Å². The van der Waals surface area contributed by atoms with Crippen molar-refractivity contribution < 1.29 is 13.4 Å². The molecule has 1 aliphatic rings. The summed E-state index contributed by atoms with van der Waals surface area (Å²) in [5.74, 6) is 0. The Labute approximate surface area is 36.3 Å². The number of rotatable bonds is 1. The second-order valence-corrected chi connectivity index (χ2v) is 0.986. The summed E-state index contributed by atoms with van der Waals surface area (Å²) in [5.41, 5.74) is 0. The second kappa shape index (κ2) is 0.945. The summed E-state index contributed by atoms with van der Waals surface area (Å²) in [6.07, 6.45) is 0. The van der Waals surface area contributed by atoms with E-state index in [2.05, 4.69) is 10.2 Å². The summed E-state index contributed by atoms with van der Waals surface area (Å²) in [4.78, 5) is 0. The van der Waals surface area contributed by atoms with Crippen molar-refractivity contribution in [1.29, 1.82) is 0 Å². The smallest absolute Gasteiger partial charge is 0.166 e. The van der Waals surface area contributed by atoms with E-state index in [0.717, 1.165) is 0 Å². The van der Waals surface area contributed by atoms with Crippen molar-refractivity contribution >= 4 is 0 Å². The van der Waals surface area contributed by atoms with E-state index in [0.29, 0.717) is 0 Å². The monoisotopic (exact) mass is 111 g/mol. The molecule has 6 heteroatoms. The highest BCUT2D eigenvalue weighted by molar-refractivity contribution is 4.71. The molecule has 3 nitrogen and oxygen atoms in total. The largest absolute Gasteiger partial charge is 0.447 e. The molecule has 0 N–H and O–H groups in total. The Bertz CT molecular complexity index is 103. The number of nitrogens with zero attached hydrogens (tertiary/aromatic N) is 3. The molecule has 1 rings (SSSR count). The van der Waals surface area contributed by atoms with Crippen molar-refractivity contribution in [1.82, 2.24) is 5.34 Å². The summed E-state index contributed by atoms with van der Waals surface area (Å²) in [6.45, 7) is 0. The van der Waals surface area contributed by atoms with E-state index >= 15 is 0 Å². The zero-order valence-corrected chi connectivity index (χ0v) is 2.98. The lowest BCUT2D eigenvalue weighted by atomic mass is 11.0. The third-order valence-electron chi connectivity index (χ3n) is 0.480. The highest BCUT2D eigenvalue weighted by Crippen LogP contribution is 2.33. The molecular weight excluding hydrogens is 111 g/mol. The lowest BCUT2D eigenvalue weighted by Gasteiger charge is -1.94. The first-order valence-corrected chi connectivity index (χ1v) is 1.40. The molecule has 0 saturated heterocycles. The fraction of sp³-hybridized carbons (Fsp3) is 1.00. The maximum absolute atomic E-state index is 11.5. The first-order chi connectivity index (χ1) is 3.15. The van der Waals surface area contributed by atoms with Crippen molar-refractivity contribution in [3.8, 4) is 0 Å². The van der Waals surface area contributed by atoms with E-state index in [9.17, 15) is 13.4 Å². The number of halogens is 3. The molecule has 0 atom stereocenters. The van der Waals surface area contributed by atoms with Crippen LogP contribution in [-0.4, -0.2) is 11.4 Å². The molecule has 1 heterocycles. The van der Waals surface area contributed by atoms with Gasteiger partial charge in [0, 0.05) is 0 Å². The van der Waals surface area contributed by atoms with Gasteiger partial charge in [-0.1, -0.05) is 8.96 Å². The van der Waals surface area contributed by atoms with Crippen molar-refractivity contribution in [3.63, 3.8) is 0 Å². The van der Waals surface area contributed by atoms with Gasteiger partial charge in [0.1, 0.15) is 5.34 Å². The van der Waals surface area contributed by atoms with Crippen LogP contribution >= 0.6 is 0 Å². The van der Waals surface area contributed by atoms with Crippen molar-refractivity contribution in [2.75, 3.05) is 0 Å². The Morgan fingerprint density at radius 2 is 1.71 bits per heavy atom. The van der Waals surface area contributed by atoms with E-state index in [1.807, 2.05) is 0 Å². The van der Waals surface area contributed by atoms with Gasteiger partial charge in [0.05, 0.1) is 0 Å². The zero-order valence-electron chi connectivity index (χ0n) is 2.98. The summed E-state index contributed by atoms with van der Waals surface area (Å²) in [7, 11) is 0. The van der Waals surface area contributed by atoms with E-state index < -0.39 is 11.4 Å². The van der Waals surface area contributed by atoms with Crippen LogP contribution in [-0.2, 0) is 0 Å². The summed E-state index contributed by atoms with van der Waals surface area (Å²) >= 11 is 0. The van der Waals surface area contributed by atoms with Crippen LogP contribution in [0.3, 0.4) is 0 Å². The molecule has 0 fully saturated rings. The molecule has 0 amide bonds. The number of hydrogen-bond acceptors (Lipinski definition) is 3. The summed E-state index contributed by atoms with van der Waals surface area (Å²) in [6, 6.07) is -3.00. The average molecular weight is 111 g/mol. The molecule has 0 aromatic heterocycles. The second-order valence-electron chi connectivity index (χ2n) is 0.986. The van der Waals surface area contributed by atoms with Gasteiger partial charge in [-0.25, -0.2) is 0 Å². The Morgan fingerprint density at radius 1 is 1.29 bits per heavy atom. The third kappa shape index (κ3) is 0.560. The SMILES string of the molecule is FN(F)C1(F)N=N1. The average Bonchev–Trinajstić information content (AvgIpc) is 2.21. The Balaban J connectivity index is 2.41. The number of alkyl halides is 1. The molecule has 0 aromatic carbocycles. The molecule has 1 aliphatic heterocycles. The summed E-state index contributed by atoms with van der Waals surface area (Å²) < 4.78 is 33.2. The van der Waals surface area contributed by atoms with Gasteiger partial charge >= 0.3 is 6.04 Å². The fourth-order valence-electron chi connectivity index (χ4n) is 0.109. The third-order valence-corrected chi connectivity index (χ3v) is 0.480. The highest BCUT2D eigenvalue weighted by Gasteiger charge is 2.50. The quantitative estimate of drug-likeness (QED) is 0.368. The van der Waals surface area contributed by atoms with Gasteiger partial charge in [0.15, 0.2) is 0 Å². The van der Waals surface area contributed by atoms with Crippen LogP contribution in [0.15, 0.2) is 10.2 Å². The van der Waals surface area contributed by atoms with Crippen LogP contribution in [0, 0.1) is 0 Å². The molecule has 0 saturated carbocycles. The molecule has 7 heavy (non-hydrogen) atoms. The molecule has 0 bridgehead atoms. The van der Waals surface area contributed by atoms with E-state index in [4.69, 9.17) is 0 Å². The maximum Gasteiger partial charge on any atom is 0.447 e. The lowest BCUT2D eigenvalue weighted by molar-refractivity contribution is -0.245. The standard InChI is InChI=1S/CF3N3/c2-1(5-6-1)7(3)4. The van der Waals surface area contributed by atoms with Gasteiger partial charge in [0.25, 0.3) is 0 Å². The first kappa shape index (κ1) is 4.51. The van der Waals surface area contributed by atoms with Crippen LogP contribution < -0.4 is 0 Å². The highest BCUT2D eigenvalue weighted by atomic mass is 19.4. The molecule has 40 valence electrons. The van der Waals surface area contributed by atoms with E-state index in [1.54, 1.807) is 0 Å². The minimum absolute atomic E-state index is 1.70. The van der Waals surface area contributed by atoms with Gasteiger partial charge in [-0.3, -0.25) is 0 Å². The molecular formula is CF3N3. The predicted octanol–water partition coefficient (Wildman–Crippen LogP) is 1.10. The Kier molecular flexibility index (Phi) is 0.609. The lowest BCUT2D eigenvalue weighted by Crippen LogP contribution is -2.17. The van der Waals surface area contributed by atoms with Gasteiger partial charge in [-0.2, -0.15) is 4.39 Å². The van der Waals surface area contributed by atoms with Crippen molar-refractivity contribution in [3.05, 3.63) is 0 Å². The van der Waals surface area contributed by atoms with Gasteiger partial charge < -0.3 is 0 Å². The van der Waals surface area contributed by atoms with Crippen molar-refractivity contribution in [2.45, 2.75) is 6.04 Å². The minimum atomic E-state index is -3.00. The van der Waals surface area contributed by atoms with Gasteiger partial charge in [-0.15, -0.1) is 10.2 Å². The van der Waals surface area contributed by atoms with Crippen LogP contribution in [0.1, 0.15) is 0 Å². The normalized spacial score (nSPS) is 23.4. The van der Waals surface area contributed by atoms with E-state index in [1.165, 1.54) is 0 Å². The van der Waals surface area contributed by atoms with Crippen LogP contribution in [0.4, 0.5) is 13.4 Å². The Hall–Kier alpha value is -0.650. The first-order valence-electron chi connectivity index (χ1n) is 1.40. The maximum atomic E-state index is 11.5. The molecule has 0 radical (unpaired) electrons. The van der Waals surface area contributed by atoms with Crippen molar-refractivity contribution in [2.24, 2.45) is 10.2 Å². The summed E-state index contributed by atoms with van der Waals surface area (Å²) in [5, 5.41) is 3.03. The molecule has 0 unspecified atom stereocenters. The topological polar surface area (TPSA) is 28.0 Å². The van der Waals surface area contributed by atoms with Gasteiger partial charge in [-0.05, 0) is 0 Å². The molecule has 0 aliphatic carbocycles.